The highest BCUT2D eigenvalue weighted by Gasteiger charge is 2.26. The molecule has 1 aliphatic heterocycles. The number of hydrogen-bond donors (Lipinski definition) is 0. The summed E-state index contributed by atoms with van der Waals surface area (Å²) in [6.45, 7) is 4.73. The highest BCUT2D eigenvalue weighted by molar-refractivity contribution is 5.75. The summed E-state index contributed by atoms with van der Waals surface area (Å²) in [4.78, 5) is 10.7. The van der Waals surface area contributed by atoms with E-state index in [1.165, 1.54) is 12.8 Å². The molecule has 0 spiro atoms. The van der Waals surface area contributed by atoms with E-state index >= 15 is 0 Å². The van der Waals surface area contributed by atoms with Crippen LogP contribution >= 0.6 is 0 Å². The molecule has 0 radical (unpaired) electrons. The summed E-state index contributed by atoms with van der Waals surface area (Å²) >= 11 is 0. The van der Waals surface area contributed by atoms with Crippen molar-refractivity contribution < 1.29 is 9.53 Å². The van der Waals surface area contributed by atoms with Gasteiger partial charge in [-0.2, -0.15) is 0 Å². The lowest BCUT2D eigenvalue weighted by atomic mass is 9.90. The molecule has 0 bridgehead atoms. The molecule has 1 rings (SSSR count). The Morgan fingerprint density at radius 2 is 2.23 bits per heavy atom. The summed E-state index contributed by atoms with van der Waals surface area (Å²) in [7, 11) is 0. The van der Waals surface area contributed by atoms with E-state index < -0.39 is 0 Å². The quantitative estimate of drug-likeness (QED) is 0.671. The Balaban J connectivity index is 2.21. The van der Waals surface area contributed by atoms with Crippen LogP contribution in [0.4, 0.5) is 0 Å². The Morgan fingerprint density at radius 3 is 2.77 bits per heavy atom. The first-order valence-corrected chi connectivity index (χ1v) is 5.26. The van der Waals surface area contributed by atoms with Gasteiger partial charge in [0, 0.05) is 13.0 Å². The van der Waals surface area contributed by atoms with Gasteiger partial charge in [0.1, 0.15) is 5.78 Å². The molecule has 1 aliphatic rings. The van der Waals surface area contributed by atoms with Gasteiger partial charge in [-0.25, -0.2) is 0 Å². The minimum absolute atomic E-state index is 0.0632. The molecule has 1 unspecified atom stereocenters. The fourth-order valence-electron chi connectivity index (χ4n) is 1.90. The zero-order chi connectivity index (χ0) is 9.73. The third-order valence-corrected chi connectivity index (χ3v) is 2.78. The van der Waals surface area contributed by atoms with Gasteiger partial charge in [-0.3, -0.25) is 0 Å². The second-order valence-electron chi connectivity index (χ2n) is 4.31. The molecule has 2 heteroatoms. The normalized spacial score (nSPS) is 28.8. The summed E-state index contributed by atoms with van der Waals surface area (Å²) < 4.78 is 5.74. The summed E-state index contributed by atoms with van der Waals surface area (Å²) in [6, 6.07) is 0. The molecule has 1 heterocycles. The Bertz CT molecular complexity index is 169. The molecule has 0 N–H and O–H groups in total. The Hall–Kier alpha value is -0.370. The van der Waals surface area contributed by atoms with E-state index in [-0.39, 0.29) is 5.60 Å². The molecule has 0 aromatic rings. The number of rotatable bonds is 4. The van der Waals surface area contributed by atoms with Crippen LogP contribution in [0.3, 0.4) is 0 Å². The highest BCUT2D eigenvalue weighted by atomic mass is 16.5. The maximum absolute atomic E-state index is 10.7. The first-order chi connectivity index (χ1) is 6.12. The minimum Gasteiger partial charge on any atom is -0.375 e. The Morgan fingerprint density at radius 1 is 1.46 bits per heavy atom. The zero-order valence-electron chi connectivity index (χ0n) is 8.77. The van der Waals surface area contributed by atoms with E-state index in [1.807, 2.05) is 0 Å². The van der Waals surface area contributed by atoms with Crippen LogP contribution in [-0.2, 0) is 9.53 Å². The predicted molar refractivity (Wildman–Crippen MR) is 52.7 cm³/mol. The zero-order valence-corrected chi connectivity index (χ0v) is 8.77. The van der Waals surface area contributed by atoms with E-state index in [2.05, 4.69) is 6.92 Å². The maximum Gasteiger partial charge on any atom is 0.129 e. The van der Waals surface area contributed by atoms with Crippen molar-refractivity contribution in [1.82, 2.24) is 0 Å². The summed E-state index contributed by atoms with van der Waals surface area (Å²) in [5, 5.41) is 0. The van der Waals surface area contributed by atoms with Gasteiger partial charge in [0.05, 0.1) is 5.60 Å². The maximum atomic E-state index is 10.7. The number of carbonyl (C=O) groups excluding carboxylic acids is 1. The fourth-order valence-corrected chi connectivity index (χ4v) is 1.90. The number of ketones is 1. The highest BCUT2D eigenvalue weighted by Crippen LogP contribution is 2.29. The van der Waals surface area contributed by atoms with Crippen LogP contribution in [0.1, 0.15) is 52.4 Å². The summed E-state index contributed by atoms with van der Waals surface area (Å²) in [5.41, 5.74) is 0.0632. The van der Waals surface area contributed by atoms with Gasteiger partial charge in [-0.15, -0.1) is 0 Å². The van der Waals surface area contributed by atoms with Crippen LogP contribution in [-0.4, -0.2) is 18.0 Å². The molecule has 0 aliphatic carbocycles. The minimum atomic E-state index is 0.0632. The van der Waals surface area contributed by atoms with Crippen LogP contribution in [0.2, 0.25) is 0 Å². The van der Waals surface area contributed by atoms with Gasteiger partial charge < -0.3 is 9.53 Å². The Kier molecular flexibility index (Phi) is 3.91. The lowest BCUT2D eigenvalue weighted by Crippen LogP contribution is -2.32. The van der Waals surface area contributed by atoms with E-state index in [1.54, 1.807) is 6.92 Å². The standard InChI is InChI=1S/C11H20O2/c1-10(12)6-5-8-11(2)7-3-4-9-13-11/h3-9H2,1-2H3. The monoisotopic (exact) mass is 184 g/mol. The third kappa shape index (κ3) is 3.90. The molecule has 0 aromatic heterocycles. The second-order valence-corrected chi connectivity index (χ2v) is 4.31. The van der Waals surface area contributed by atoms with Crippen molar-refractivity contribution in [1.29, 1.82) is 0 Å². The second kappa shape index (κ2) is 4.75. The predicted octanol–water partition coefficient (Wildman–Crippen LogP) is 2.70. The number of carbonyl (C=O) groups is 1. The summed E-state index contributed by atoms with van der Waals surface area (Å²) in [6.07, 6.45) is 6.35. The van der Waals surface area contributed by atoms with Crippen molar-refractivity contribution in [3.63, 3.8) is 0 Å². The lowest BCUT2D eigenvalue weighted by molar-refractivity contribution is -0.117. The van der Waals surface area contributed by atoms with Crippen molar-refractivity contribution in [2.75, 3.05) is 6.61 Å². The molecular weight excluding hydrogens is 164 g/mol. The average molecular weight is 184 g/mol. The molecule has 1 fully saturated rings. The number of ether oxygens (including phenoxy) is 1. The molecule has 0 saturated carbocycles. The van der Waals surface area contributed by atoms with Crippen LogP contribution in [0.15, 0.2) is 0 Å². The van der Waals surface area contributed by atoms with E-state index in [4.69, 9.17) is 4.74 Å². The Labute approximate surface area is 80.7 Å². The molecule has 2 nitrogen and oxygen atoms in total. The SMILES string of the molecule is CC(=O)CCCC1(C)CCCCO1. The molecular formula is C11H20O2. The van der Waals surface area contributed by atoms with Crippen molar-refractivity contribution in [2.24, 2.45) is 0 Å². The average Bonchev–Trinajstić information content (AvgIpc) is 2.04. The molecule has 13 heavy (non-hydrogen) atoms. The number of Topliss-reactive ketones (excluding diaryl/α,β-unsaturated/α-hetero) is 1. The van der Waals surface area contributed by atoms with Crippen LogP contribution in [0.5, 0.6) is 0 Å². The van der Waals surface area contributed by atoms with Crippen molar-refractivity contribution in [2.45, 2.75) is 58.0 Å². The first kappa shape index (κ1) is 10.7. The molecule has 0 amide bonds. The fraction of sp³-hybridized carbons (Fsp3) is 0.909. The third-order valence-electron chi connectivity index (χ3n) is 2.78. The van der Waals surface area contributed by atoms with Gasteiger partial charge >= 0.3 is 0 Å². The van der Waals surface area contributed by atoms with E-state index in [9.17, 15) is 4.79 Å². The van der Waals surface area contributed by atoms with Gasteiger partial charge in [0.15, 0.2) is 0 Å². The number of hydrogen-bond acceptors (Lipinski definition) is 2. The van der Waals surface area contributed by atoms with Crippen molar-refractivity contribution in [3.8, 4) is 0 Å². The molecule has 0 aromatic carbocycles. The smallest absolute Gasteiger partial charge is 0.129 e. The topological polar surface area (TPSA) is 26.3 Å². The van der Waals surface area contributed by atoms with Crippen molar-refractivity contribution >= 4 is 5.78 Å². The molecule has 76 valence electrons. The van der Waals surface area contributed by atoms with E-state index in [0.717, 1.165) is 25.9 Å². The summed E-state index contributed by atoms with van der Waals surface area (Å²) in [5.74, 6) is 0.291. The van der Waals surface area contributed by atoms with Gasteiger partial charge in [0.25, 0.3) is 0 Å². The van der Waals surface area contributed by atoms with Gasteiger partial charge in [-0.1, -0.05) is 0 Å². The molecule has 1 saturated heterocycles. The van der Waals surface area contributed by atoms with Gasteiger partial charge in [0.2, 0.25) is 0 Å². The van der Waals surface area contributed by atoms with Crippen LogP contribution < -0.4 is 0 Å². The van der Waals surface area contributed by atoms with Crippen LogP contribution in [0.25, 0.3) is 0 Å². The van der Waals surface area contributed by atoms with Crippen LogP contribution in [0, 0.1) is 0 Å². The largest absolute Gasteiger partial charge is 0.375 e. The molecule has 1 atom stereocenters. The first-order valence-electron chi connectivity index (χ1n) is 5.26. The lowest BCUT2D eigenvalue weighted by Gasteiger charge is -2.33. The van der Waals surface area contributed by atoms with Gasteiger partial charge in [-0.05, 0) is 46.0 Å². The van der Waals surface area contributed by atoms with Crippen molar-refractivity contribution in [3.05, 3.63) is 0 Å². The van der Waals surface area contributed by atoms with E-state index in [0.29, 0.717) is 12.2 Å².